The number of hydrogen-bond donors (Lipinski definition) is 0. The zero-order chi connectivity index (χ0) is 17.1. The molecule has 0 spiro atoms. The Morgan fingerprint density at radius 3 is 2.76 bits per heavy atom. The van der Waals surface area contributed by atoms with E-state index in [4.69, 9.17) is 13.7 Å². The third kappa shape index (κ3) is 4.29. The highest BCUT2D eigenvalue weighted by molar-refractivity contribution is 5.51. The first-order valence-corrected chi connectivity index (χ1v) is 9.15. The lowest BCUT2D eigenvalue weighted by molar-refractivity contribution is 0.0313. The van der Waals surface area contributed by atoms with Crippen molar-refractivity contribution in [3.63, 3.8) is 0 Å². The second-order valence-corrected chi connectivity index (χ2v) is 7.16. The fourth-order valence-corrected chi connectivity index (χ4v) is 3.53. The molecule has 0 aromatic carbocycles. The van der Waals surface area contributed by atoms with Crippen LogP contribution in [0.25, 0.3) is 11.5 Å². The predicted molar refractivity (Wildman–Crippen MR) is 92.0 cm³/mol. The van der Waals surface area contributed by atoms with E-state index in [0.29, 0.717) is 11.8 Å². The summed E-state index contributed by atoms with van der Waals surface area (Å²) in [5.41, 5.74) is 0.866. The summed E-state index contributed by atoms with van der Waals surface area (Å²) in [5, 5.41) is 4.16. The van der Waals surface area contributed by atoms with E-state index < -0.39 is 0 Å². The number of likely N-dealkylation sites (tertiary alicyclic amines) is 1. The second kappa shape index (κ2) is 7.68. The van der Waals surface area contributed by atoms with E-state index in [1.807, 2.05) is 6.07 Å². The minimum absolute atomic E-state index is 0.555. The van der Waals surface area contributed by atoms with Crippen LogP contribution >= 0.6 is 0 Å². The number of morpholine rings is 1. The largest absolute Gasteiger partial charge is 0.467 e. The molecule has 2 aliphatic rings. The third-order valence-corrected chi connectivity index (χ3v) is 5.16. The van der Waals surface area contributed by atoms with Gasteiger partial charge in [0.25, 0.3) is 5.89 Å². The second-order valence-electron chi connectivity index (χ2n) is 7.16. The van der Waals surface area contributed by atoms with Crippen LogP contribution < -0.4 is 0 Å². The van der Waals surface area contributed by atoms with Crippen molar-refractivity contribution in [2.45, 2.75) is 25.8 Å². The number of rotatable bonds is 5. The zero-order valence-corrected chi connectivity index (χ0v) is 14.8. The molecule has 0 saturated carbocycles. The van der Waals surface area contributed by atoms with E-state index in [0.717, 1.165) is 69.5 Å². The van der Waals surface area contributed by atoms with Gasteiger partial charge in [-0.05, 0) is 45.0 Å². The van der Waals surface area contributed by atoms with Gasteiger partial charge in [-0.15, -0.1) is 0 Å². The maximum Gasteiger partial charge on any atom is 0.261 e. The molecule has 0 N–H and O–H groups in total. The van der Waals surface area contributed by atoms with Crippen molar-refractivity contribution in [1.82, 2.24) is 19.9 Å². The monoisotopic (exact) mass is 346 g/mol. The van der Waals surface area contributed by atoms with Crippen LogP contribution in [0.5, 0.6) is 0 Å². The Hall–Kier alpha value is -1.70. The van der Waals surface area contributed by atoms with E-state index in [9.17, 15) is 0 Å². The highest BCUT2D eigenvalue weighted by Crippen LogP contribution is 2.24. The topological polar surface area (TPSA) is 67.8 Å². The van der Waals surface area contributed by atoms with Crippen molar-refractivity contribution < 1.29 is 13.7 Å². The Morgan fingerprint density at radius 1 is 1.16 bits per heavy atom. The molecule has 0 amide bonds. The molecule has 0 aliphatic carbocycles. The lowest BCUT2D eigenvalue weighted by Gasteiger charge is -2.27. The molecule has 136 valence electrons. The molecule has 2 aliphatic heterocycles. The van der Waals surface area contributed by atoms with E-state index in [-0.39, 0.29) is 0 Å². The van der Waals surface area contributed by atoms with Gasteiger partial charge in [0.2, 0.25) is 0 Å². The maximum absolute atomic E-state index is 5.68. The van der Waals surface area contributed by atoms with Crippen molar-refractivity contribution >= 4 is 0 Å². The molecule has 2 fully saturated rings. The fraction of sp³-hybridized carbons (Fsp3) is 0.667. The molecular weight excluding hydrogens is 320 g/mol. The lowest BCUT2D eigenvalue weighted by atomic mass is 9.94. The fourth-order valence-electron chi connectivity index (χ4n) is 3.53. The van der Waals surface area contributed by atoms with Crippen molar-refractivity contribution in [3.8, 4) is 11.5 Å². The van der Waals surface area contributed by atoms with E-state index in [2.05, 4.69) is 27.0 Å². The summed E-state index contributed by atoms with van der Waals surface area (Å²) in [6.45, 7) is 6.56. The summed E-state index contributed by atoms with van der Waals surface area (Å²) in [7, 11) is 2.18. The summed E-state index contributed by atoms with van der Waals surface area (Å²) in [6, 6.07) is 2.00. The molecule has 4 heterocycles. The molecule has 7 nitrogen and oxygen atoms in total. The third-order valence-electron chi connectivity index (χ3n) is 5.16. The highest BCUT2D eigenvalue weighted by atomic mass is 16.5. The number of aromatic nitrogens is 2. The summed E-state index contributed by atoms with van der Waals surface area (Å²) in [4.78, 5) is 9.27. The number of piperidine rings is 1. The van der Waals surface area contributed by atoms with Crippen LogP contribution in [0.3, 0.4) is 0 Å². The maximum atomic E-state index is 5.68. The van der Waals surface area contributed by atoms with Gasteiger partial charge in [-0.1, -0.05) is 5.16 Å². The minimum Gasteiger partial charge on any atom is -0.467 e. The van der Waals surface area contributed by atoms with Crippen LogP contribution in [0.2, 0.25) is 0 Å². The van der Waals surface area contributed by atoms with Crippen LogP contribution in [0.15, 0.2) is 21.3 Å². The van der Waals surface area contributed by atoms with Gasteiger partial charge in [-0.2, -0.15) is 4.98 Å². The number of ether oxygens (including phenoxy) is 1. The normalized spacial score (nSPS) is 21.0. The number of hydrogen-bond acceptors (Lipinski definition) is 7. The molecule has 25 heavy (non-hydrogen) atoms. The van der Waals surface area contributed by atoms with Crippen molar-refractivity contribution in [2.75, 3.05) is 46.4 Å². The first-order chi connectivity index (χ1) is 12.3. The van der Waals surface area contributed by atoms with Gasteiger partial charge in [-0.25, -0.2) is 0 Å². The van der Waals surface area contributed by atoms with E-state index in [1.165, 1.54) is 12.8 Å². The Kier molecular flexibility index (Phi) is 5.14. The van der Waals surface area contributed by atoms with Gasteiger partial charge in [0.05, 0.1) is 25.3 Å². The van der Waals surface area contributed by atoms with Crippen LogP contribution in [-0.2, 0) is 17.7 Å². The van der Waals surface area contributed by atoms with Crippen molar-refractivity contribution in [1.29, 1.82) is 0 Å². The zero-order valence-electron chi connectivity index (χ0n) is 14.8. The van der Waals surface area contributed by atoms with Gasteiger partial charge >= 0.3 is 0 Å². The standard InChI is InChI=1S/C18H26N4O3/c1-21-4-2-14(3-5-21)10-17-19-18(25-20-17)15-11-16(24-13-15)12-22-6-8-23-9-7-22/h11,13-14H,2-10,12H2,1H3. The first-order valence-electron chi connectivity index (χ1n) is 9.15. The Labute approximate surface area is 147 Å². The van der Waals surface area contributed by atoms with Crippen molar-refractivity contribution in [3.05, 3.63) is 23.9 Å². The van der Waals surface area contributed by atoms with Crippen LogP contribution in [0, 0.1) is 5.92 Å². The molecule has 0 unspecified atom stereocenters. The SMILES string of the molecule is CN1CCC(Cc2noc(-c3coc(CN4CCOCC4)c3)n2)CC1. The summed E-state index contributed by atoms with van der Waals surface area (Å²) < 4.78 is 16.5. The summed E-state index contributed by atoms with van der Waals surface area (Å²) >= 11 is 0. The molecule has 0 radical (unpaired) electrons. The predicted octanol–water partition coefficient (Wildman–Crippen LogP) is 2.05. The molecule has 7 heteroatoms. The molecule has 2 aromatic heterocycles. The van der Waals surface area contributed by atoms with Crippen LogP contribution in [-0.4, -0.2) is 66.4 Å². The van der Waals surface area contributed by atoms with Crippen molar-refractivity contribution in [2.24, 2.45) is 5.92 Å². The smallest absolute Gasteiger partial charge is 0.261 e. The van der Waals surface area contributed by atoms with Gasteiger partial charge in [0.15, 0.2) is 5.82 Å². The number of furan rings is 1. The van der Waals surface area contributed by atoms with Gasteiger partial charge in [0, 0.05) is 19.5 Å². The highest BCUT2D eigenvalue weighted by Gasteiger charge is 2.20. The summed E-state index contributed by atoms with van der Waals surface area (Å²) in [5.74, 6) is 2.94. The molecule has 0 atom stereocenters. The number of nitrogens with zero attached hydrogens (tertiary/aromatic N) is 4. The Bertz CT molecular complexity index is 669. The average Bonchev–Trinajstić information content (AvgIpc) is 3.27. The van der Waals surface area contributed by atoms with E-state index >= 15 is 0 Å². The first kappa shape index (κ1) is 16.8. The van der Waals surface area contributed by atoms with Gasteiger partial charge in [-0.3, -0.25) is 4.90 Å². The molecule has 4 rings (SSSR count). The molecular formula is C18H26N4O3. The molecule has 2 saturated heterocycles. The van der Waals surface area contributed by atoms with Crippen LogP contribution in [0.4, 0.5) is 0 Å². The minimum atomic E-state index is 0.555. The van der Waals surface area contributed by atoms with Gasteiger partial charge in [0.1, 0.15) is 12.0 Å². The quantitative estimate of drug-likeness (QED) is 0.821. The summed E-state index contributed by atoms with van der Waals surface area (Å²) in [6.07, 6.45) is 5.02. The molecule has 0 bridgehead atoms. The Balaban J connectivity index is 1.35. The molecule has 2 aromatic rings. The van der Waals surface area contributed by atoms with E-state index in [1.54, 1.807) is 6.26 Å². The lowest BCUT2D eigenvalue weighted by Crippen LogP contribution is -2.35. The van der Waals surface area contributed by atoms with Gasteiger partial charge < -0.3 is 18.6 Å². The Morgan fingerprint density at radius 2 is 1.96 bits per heavy atom. The average molecular weight is 346 g/mol. The van der Waals surface area contributed by atoms with Crippen LogP contribution in [0.1, 0.15) is 24.4 Å².